The fourth-order valence-corrected chi connectivity index (χ4v) is 2.60. The number of hydrogen-bond donors (Lipinski definition) is 2. The van der Waals surface area contributed by atoms with E-state index < -0.39 is 5.41 Å². The largest absolute Gasteiger partial charge is 0.355 e. The van der Waals surface area contributed by atoms with Crippen molar-refractivity contribution in [1.29, 1.82) is 0 Å². The van der Waals surface area contributed by atoms with Gasteiger partial charge in [0.15, 0.2) is 0 Å². The predicted octanol–water partition coefficient (Wildman–Crippen LogP) is 1.52. The molecule has 3 N–H and O–H groups in total. The van der Waals surface area contributed by atoms with E-state index in [1.807, 2.05) is 6.92 Å². The van der Waals surface area contributed by atoms with Gasteiger partial charge in [0.25, 0.3) is 0 Å². The van der Waals surface area contributed by atoms with Gasteiger partial charge >= 0.3 is 0 Å². The summed E-state index contributed by atoms with van der Waals surface area (Å²) in [6.07, 6.45) is 4.27. The second-order valence-electron chi connectivity index (χ2n) is 5.50. The molecule has 118 valence electrons. The Hall–Kier alpha value is -1.10. The summed E-state index contributed by atoms with van der Waals surface area (Å²) in [4.78, 5) is 25.9. The normalized spacial score (nSPS) is 11.2. The average molecular weight is 285 g/mol. The fourth-order valence-electron chi connectivity index (χ4n) is 2.60. The van der Waals surface area contributed by atoms with Crippen LogP contribution < -0.4 is 11.1 Å². The van der Waals surface area contributed by atoms with Gasteiger partial charge in [-0.15, -0.1) is 0 Å². The van der Waals surface area contributed by atoms with Crippen LogP contribution in [-0.2, 0) is 9.59 Å². The second-order valence-corrected chi connectivity index (χ2v) is 5.50. The molecule has 0 aliphatic heterocycles. The zero-order chi connectivity index (χ0) is 15.6. The third-order valence-corrected chi connectivity index (χ3v) is 3.60. The number of nitrogens with two attached hydrogens (primary N) is 1. The van der Waals surface area contributed by atoms with Crippen LogP contribution >= 0.6 is 0 Å². The molecule has 0 heterocycles. The third kappa shape index (κ3) is 5.49. The first kappa shape index (κ1) is 18.9. The van der Waals surface area contributed by atoms with Crippen molar-refractivity contribution in [2.24, 2.45) is 11.1 Å². The van der Waals surface area contributed by atoms with Crippen molar-refractivity contribution in [2.45, 2.75) is 52.9 Å². The Labute approximate surface area is 123 Å². The smallest absolute Gasteiger partial charge is 0.239 e. The monoisotopic (exact) mass is 285 g/mol. The van der Waals surface area contributed by atoms with Crippen LogP contribution in [-0.4, -0.2) is 43.4 Å². The van der Waals surface area contributed by atoms with Gasteiger partial charge in [0.1, 0.15) is 0 Å². The highest BCUT2D eigenvalue weighted by molar-refractivity contribution is 5.88. The maximum atomic E-state index is 12.7. The summed E-state index contributed by atoms with van der Waals surface area (Å²) in [5.41, 5.74) is 5.37. The van der Waals surface area contributed by atoms with Crippen LogP contribution in [0.5, 0.6) is 0 Å². The Morgan fingerprint density at radius 1 is 1.10 bits per heavy atom. The van der Waals surface area contributed by atoms with E-state index in [1.54, 1.807) is 7.05 Å². The standard InChI is InChI=1S/C15H31N3O2/c1-5-8-15(12-16,9-6-2)14(20)18(4)11-13(19)17-10-7-3/h5-12,16H2,1-4H3,(H,17,19). The zero-order valence-electron chi connectivity index (χ0n) is 13.5. The van der Waals surface area contributed by atoms with Gasteiger partial charge in [0.05, 0.1) is 12.0 Å². The van der Waals surface area contributed by atoms with E-state index in [9.17, 15) is 9.59 Å². The molecule has 5 nitrogen and oxygen atoms in total. The SMILES string of the molecule is CCCNC(=O)CN(C)C(=O)C(CN)(CCC)CCC. The van der Waals surface area contributed by atoms with Gasteiger partial charge in [-0.05, 0) is 19.3 Å². The van der Waals surface area contributed by atoms with E-state index in [-0.39, 0.29) is 18.4 Å². The minimum absolute atomic E-state index is 0.00431. The molecule has 0 atom stereocenters. The molecule has 2 amide bonds. The van der Waals surface area contributed by atoms with E-state index in [2.05, 4.69) is 19.2 Å². The molecule has 0 aromatic rings. The van der Waals surface area contributed by atoms with Gasteiger partial charge in [-0.2, -0.15) is 0 Å². The van der Waals surface area contributed by atoms with Crippen LogP contribution in [0.4, 0.5) is 0 Å². The highest BCUT2D eigenvalue weighted by Gasteiger charge is 2.37. The lowest BCUT2D eigenvalue weighted by Crippen LogP contribution is -2.49. The van der Waals surface area contributed by atoms with Gasteiger partial charge < -0.3 is 16.0 Å². The van der Waals surface area contributed by atoms with Crippen LogP contribution in [0.3, 0.4) is 0 Å². The molecule has 0 spiro atoms. The first-order valence-corrected chi connectivity index (χ1v) is 7.69. The van der Waals surface area contributed by atoms with Crippen LogP contribution in [0.15, 0.2) is 0 Å². The molecule has 0 saturated carbocycles. The molecule has 5 heteroatoms. The molecule has 0 aromatic heterocycles. The van der Waals surface area contributed by atoms with Crippen LogP contribution in [0.2, 0.25) is 0 Å². The minimum atomic E-state index is -0.511. The molecule has 0 rings (SSSR count). The molecule has 0 aliphatic rings. The van der Waals surface area contributed by atoms with Crippen molar-refractivity contribution in [3.8, 4) is 0 Å². The van der Waals surface area contributed by atoms with Gasteiger partial charge in [0.2, 0.25) is 11.8 Å². The molecule has 0 unspecified atom stereocenters. The topological polar surface area (TPSA) is 75.4 Å². The summed E-state index contributed by atoms with van der Waals surface area (Å²) in [5, 5.41) is 2.79. The van der Waals surface area contributed by atoms with Gasteiger partial charge in [-0.25, -0.2) is 0 Å². The quantitative estimate of drug-likeness (QED) is 0.639. The lowest BCUT2D eigenvalue weighted by Gasteiger charge is -2.34. The summed E-state index contributed by atoms with van der Waals surface area (Å²) in [5.74, 6) is -0.114. The molecule has 0 aliphatic carbocycles. The number of amides is 2. The molecule has 0 saturated heterocycles. The van der Waals surface area contributed by atoms with Gasteiger partial charge in [0, 0.05) is 20.1 Å². The molecule has 0 fully saturated rings. The fraction of sp³-hybridized carbons (Fsp3) is 0.867. The van der Waals surface area contributed by atoms with Gasteiger partial charge in [-0.1, -0.05) is 33.6 Å². The number of likely N-dealkylation sites (N-methyl/N-ethyl adjacent to an activating group) is 1. The van der Waals surface area contributed by atoms with Crippen molar-refractivity contribution in [3.63, 3.8) is 0 Å². The van der Waals surface area contributed by atoms with Crippen LogP contribution in [0.25, 0.3) is 0 Å². The van der Waals surface area contributed by atoms with Crippen LogP contribution in [0.1, 0.15) is 52.9 Å². The molecule has 0 aromatic carbocycles. The van der Waals surface area contributed by atoms with E-state index in [1.165, 1.54) is 4.90 Å². The van der Waals surface area contributed by atoms with Crippen molar-refractivity contribution < 1.29 is 9.59 Å². The number of hydrogen-bond acceptors (Lipinski definition) is 3. The number of rotatable bonds is 10. The van der Waals surface area contributed by atoms with E-state index in [0.29, 0.717) is 13.1 Å². The molecule has 20 heavy (non-hydrogen) atoms. The van der Waals surface area contributed by atoms with Crippen LogP contribution in [0, 0.1) is 5.41 Å². The number of carbonyl (C=O) groups excluding carboxylic acids is 2. The first-order chi connectivity index (χ1) is 9.47. The maximum Gasteiger partial charge on any atom is 0.239 e. The summed E-state index contributed by atoms with van der Waals surface area (Å²) < 4.78 is 0. The van der Waals surface area contributed by atoms with E-state index >= 15 is 0 Å². The average Bonchev–Trinajstić information content (AvgIpc) is 2.43. The number of nitrogens with zero attached hydrogens (tertiary/aromatic N) is 1. The Balaban J connectivity index is 4.74. The van der Waals surface area contributed by atoms with E-state index in [4.69, 9.17) is 5.73 Å². The minimum Gasteiger partial charge on any atom is -0.355 e. The van der Waals surface area contributed by atoms with Crippen molar-refractivity contribution in [3.05, 3.63) is 0 Å². The Kier molecular flexibility index (Phi) is 9.21. The second kappa shape index (κ2) is 9.75. The molecule has 0 bridgehead atoms. The highest BCUT2D eigenvalue weighted by atomic mass is 16.2. The van der Waals surface area contributed by atoms with E-state index in [0.717, 1.165) is 32.1 Å². The zero-order valence-corrected chi connectivity index (χ0v) is 13.5. The summed E-state index contributed by atoms with van der Waals surface area (Å²) in [7, 11) is 1.68. The summed E-state index contributed by atoms with van der Waals surface area (Å²) in [6.45, 7) is 7.20. The Morgan fingerprint density at radius 2 is 1.65 bits per heavy atom. The Bertz CT molecular complexity index is 299. The third-order valence-electron chi connectivity index (χ3n) is 3.60. The predicted molar refractivity (Wildman–Crippen MR) is 82.2 cm³/mol. The lowest BCUT2D eigenvalue weighted by atomic mass is 9.78. The Morgan fingerprint density at radius 3 is 2.05 bits per heavy atom. The number of nitrogens with one attached hydrogen (secondary N) is 1. The van der Waals surface area contributed by atoms with Gasteiger partial charge in [-0.3, -0.25) is 9.59 Å². The van der Waals surface area contributed by atoms with Crippen molar-refractivity contribution >= 4 is 11.8 Å². The van der Waals surface area contributed by atoms with Crippen molar-refractivity contribution in [2.75, 3.05) is 26.7 Å². The van der Waals surface area contributed by atoms with Crippen molar-refractivity contribution in [1.82, 2.24) is 10.2 Å². The summed E-state index contributed by atoms with van der Waals surface area (Å²) in [6, 6.07) is 0. The maximum absolute atomic E-state index is 12.7. The lowest BCUT2D eigenvalue weighted by molar-refractivity contribution is -0.144. The molecular formula is C15H31N3O2. The summed E-state index contributed by atoms with van der Waals surface area (Å²) >= 11 is 0. The first-order valence-electron chi connectivity index (χ1n) is 7.69. The molecule has 0 radical (unpaired) electrons. The molecular weight excluding hydrogens is 254 g/mol. The number of carbonyl (C=O) groups is 2. The highest BCUT2D eigenvalue weighted by Crippen LogP contribution is 2.30.